The van der Waals surface area contributed by atoms with E-state index in [1.165, 1.54) is 0 Å². The number of piperazine rings is 1. The van der Waals surface area contributed by atoms with Gasteiger partial charge in [-0.2, -0.15) is 0 Å². The molecule has 2 fully saturated rings. The number of hydrogen-bond donors (Lipinski definition) is 3. The molecule has 0 bridgehead atoms. The largest absolute Gasteiger partial charge is 0.369 e. The highest BCUT2D eigenvalue weighted by atomic mass is 16.2. The number of nitrogens with two attached hydrogens (primary N) is 1. The number of likely N-dealkylation sites (N-methyl/N-ethyl adjacent to an activating group) is 1. The number of rotatable bonds is 5. The monoisotopic (exact) mass is 538 g/mol. The van der Waals surface area contributed by atoms with E-state index in [0.717, 1.165) is 54.5 Å². The van der Waals surface area contributed by atoms with E-state index >= 15 is 0 Å². The molecule has 1 atom stereocenters. The lowest BCUT2D eigenvalue weighted by atomic mass is 10.0. The van der Waals surface area contributed by atoms with Crippen LogP contribution in [0.4, 0.5) is 5.69 Å². The number of primary amides is 1. The summed E-state index contributed by atoms with van der Waals surface area (Å²) in [5.41, 5.74) is 9.87. The molecule has 0 saturated carbocycles. The Labute approximate surface area is 232 Å². The van der Waals surface area contributed by atoms with Crippen molar-refractivity contribution in [2.75, 3.05) is 51.2 Å². The van der Waals surface area contributed by atoms with Crippen LogP contribution in [-0.2, 0) is 0 Å². The van der Waals surface area contributed by atoms with Crippen molar-refractivity contribution >= 4 is 45.2 Å². The Kier molecular flexibility index (Phi) is 6.89. The minimum absolute atomic E-state index is 0.00894. The van der Waals surface area contributed by atoms with Crippen LogP contribution in [-0.4, -0.2) is 84.9 Å². The first-order chi connectivity index (χ1) is 19.4. The maximum Gasteiger partial charge on any atom is 0.254 e. The van der Waals surface area contributed by atoms with Crippen molar-refractivity contribution in [1.29, 1.82) is 0 Å². The minimum atomic E-state index is -0.511. The van der Waals surface area contributed by atoms with Gasteiger partial charge in [-0.1, -0.05) is 24.3 Å². The van der Waals surface area contributed by atoms with E-state index < -0.39 is 5.91 Å². The SMILES string of the molecule is CN1CCN(C(=O)c2ccc3c(c2)[nH]c2c(C(N)=O)ccc(N4CCC[C@@H](NC(=O)c5ccccc5)C4)c23)CC1. The molecule has 2 aliphatic heterocycles. The molecule has 2 aliphatic rings. The van der Waals surface area contributed by atoms with E-state index in [4.69, 9.17) is 5.73 Å². The molecule has 9 nitrogen and oxygen atoms in total. The van der Waals surface area contributed by atoms with Crippen LogP contribution in [0, 0.1) is 0 Å². The van der Waals surface area contributed by atoms with Crippen LogP contribution in [0.2, 0.25) is 0 Å². The van der Waals surface area contributed by atoms with Gasteiger partial charge in [-0.05, 0) is 56.3 Å². The zero-order chi connectivity index (χ0) is 27.8. The first-order valence-electron chi connectivity index (χ1n) is 13.9. The van der Waals surface area contributed by atoms with Crippen LogP contribution >= 0.6 is 0 Å². The summed E-state index contributed by atoms with van der Waals surface area (Å²) in [6, 6.07) is 18.7. The number of hydrogen-bond acceptors (Lipinski definition) is 5. The number of benzene rings is 3. The molecule has 4 aromatic rings. The zero-order valence-corrected chi connectivity index (χ0v) is 22.7. The normalized spacial score (nSPS) is 18.3. The second kappa shape index (κ2) is 10.7. The molecule has 2 saturated heterocycles. The second-order valence-corrected chi connectivity index (χ2v) is 10.9. The molecule has 9 heteroatoms. The first kappa shape index (κ1) is 25.9. The summed E-state index contributed by atoms with van der Waals surface area (Å²) in [5, 5.41) is 5.02. The fourth-order valence-corrected chi connectivity index (χ4v) is 5.96. The van der Waals surface area contributed by atoms with Crippen molar-refractivity contribution in [3.05, 3.63) is 77.4 Å². The molecule has 3 amide bonds. The Balaban J connectivity index is 1.33. The van der Waals surface area contributed by atoms with Crippen LogP contribution in [0.5, 0.6) is 0 Å². The van der Waals surface area contributed by atoms with Gasteiger partial charge in [0.15, 0.2) is 0 Å². The van der Waals surface area contributed by atoms with Crippen LogP contribution in [0.1, 0.15) is 43.9 Å². The molecular weight excluding hydrogens is 504 g/mol. The van der Waals surface area contributed by atoms with E-state index in [1.54, 1.807) is 6.07 Å². The van der Waals surface area contributed by atoms with Gasteiger partial charge in [-0.25, -0.2) is 0 Å². The number of carbonyl (C=O) groups is 3. The third-order valence-electron chi connectivity index (χ3n) is 8.17. The topological polar surface area (TPSA) is 115 Å². The maximum absolute atomic E-state index is 13.3. The molecule has 0 radical (unpaired) electrons. The lowest BCUT2D eigenvalue weighted by Gasteiger charge is -2.35. The number of piperidine rings is 1. The van der Waals surface area contributed by atoms with Crippen molar-refractivity contribution in [3.63, 3.8) is 0 Å². The highest BCUT2D eigenvalue weighted by Crippen LogP contribution is 2.37. The molecule has 3 heterocycles. The Morgan fingerprint density at radius 2 is 1.70 bits per heavy atom. The van der Waals surface area contributed by atoms with Crippen molar-refractivity contribution in [3.8, 4) is 0 Å². The van der Waals surface area contributed by atoms with Gasteiger partial charge in [-0.15, -0.1) is 0 Å². The number of aromatic amines is 1. The summed E-state index contributed by atoms with van der Waals surface area (Å²) in [6.07, 6.45) is 1.81. The van der Waals surface area contributed by atoms with Crippen molar-refractivity contribution < 1.29 is 14.4 Å². The number of aromatic nitrogens is 1. The van der Waals surface area contributed by atoms with Gasteiger partial charge in [0, 0.05) is 78.4 Å². The summed E-state index contributed by atoms with van der Waals surface area (Å²) < 4.78 is 0. The standard InChI is InChI=1S/C31H34N6O3/c1-35-14-16-36(17-15-35)31(40)21-9-10-23-25(18-21)34-28-24(29(32)38)11-12-26(27(23)28)37-13-5-8-22(19-37)33-30(39)20-6-3-2-4-7-20/h2-4,6-7,9-12,18,22,34H,5,8,13-17,19H2,1H3,(H2,32,38)(H,33,39)/t22-/m1/s1. The molecule has 6 rings (SSSR count). The number of anilines is 1. The van der Waals surface area contributed by atoms with Gasteiger partial charge < -0.3 is 30.7 Å². The van der Waals surface area contributed by atoms with Crippen molar-refractivity contribution in [1.82, 2.24) is 20.1 Å². The van der Waals surface area contributed by atoms with E-state index in [0.29, 0.717) is 41.8 Å². The van der Waals surface area contributed by atoms with Crippen LogP contribution < -0.4 is 16.0 Å². The predicted octanol–water partition coefficient (Wildman–Crippen LogP) is 3.21. The highest BCUT2D eigenvalue weighted by Gasteiger charge is 2.26. The summed E-state index contributed by atoms with van der Waals surface area (Å²) in [6.45, 7) is 4.59. The Hall–Kier alpha value is -4.37. The number of fused-ring (bicyclic) bond motifs is 3. The smallest absolute Gasteiger partial charge is 0.254 e. The Morgan fingerprint density at radius 3 is 2.45 bits per heavy atom. The number of H-pyrrole nitrogens is 1. The fourth-order valence-electron chi connectivity index (χ4n) is 5.96. The van der Waals surface area contributed by atoms with Gasteiger partial charge in [0.1, 0.15) is 0 Å². The predicted molar refractivity (Wildman–Crippen MR) is 157 cm³/mol. The van der Waals surface area contributed by atoms with Crippen molar-refractivity contribution in [2.45, 2.75) is 18.9 Å². The quantitative estimate of drug-likeness (QED) is 0.361. The molecular formula is C31H34N6O3. The van der Waals surface area contributed by atoms with E-state index in [9.17, 15) is 14.4 Å². The van der Waals surface area contributed by atoms with E-state index in [1.807, 2.05) is 59.5 Å². The lowest BCUT2D eigenvalue weighted by molar-refractivity contribution is 0.0664. The molecule has 1 aromatic heterocycles. The molecule has 40 heavy (non-hydrogen) atoms. The number of nitrogens with zero attached hydrogens (tertiary/aromatic N) is 3. The average molecular weight is 539 g/mol. The van der Waals surface area contributed by atoms with Crippen LogP contribution in [0.25, 0.3) is 21.8 Å². The summed E-state index contributed by atoms with van der Waals surface area (Å²) in [4.78, 5) is 48.2. The van der Waals surface area contributed by atoms with Gasteiger partial charge in [0.2, 0.25) is 0 Å². The number of nitrogens with one attached hydrogen (secondary N) is 2. The maximum atomic E-state index is 13.3. The van der Waals surface area contributed by atoms with E-state index in [2.05, 4.69) is 27.1 Å². The van der Waals surface area contributed by atoms with Crippen LogP contribution in [0.3, 0.4) is 0 Å². The Morgan fingerprint density at radius 1 is 0.925 bits per heavy atom. The summed E-state index contributed by atoms with van der Waals surface area (Å²) >= 11 is 0. The number of amides is 3. The highest BCUT2D eigenvalue weighted by molar-refractivity contribution is 6.20. The average Bonchev–Trinajstić information content (AvgIpc) is 3.36. The molecule has 4 N–H and O–H groups in total. The van der Waals surface area contributed by atoms with Gasteiger partial charge in [0.05, 0.1) is 11.1 Å². The molecule has 0 spiro atoms. The first-order valence-corrected chi connectivity index (χ1v) is 13.9. The third kappa shape index (κ3) is 4.88. The minimum Gasteiger partial charge on any atom is -0.369 e. The fraction of sp³-hybridized carbons (Fsp3) is 0.323. The zero-order valence-electron chi connectivity index (χ0n) is 22.7. The molecule has 0 unspecified atom stereocenters. The third-order valence-corrected chi connectivity index (χ3v) is 8.17. The second-order valence-electron chi connectivity index (χ2n) is 10.9. The van der Waals surface area contributed by atoms with E-state index in [-0.39, 0.29) is 17.9 Å². The number of carbonyl (C=O) groups excluding carboxylic acids is 3. The van der Waals surface area contributed by atoms with Crippen LogP contribution in [0.15, 0.2) is 60.7 Å². The molecule has 206 valence electrons. The lowest BCUT2D eigenvalue weighted by Crippen LogP contribution is -2.47. The van der Waals surface area contributed by atoms with Gasteiger partial charge in [0.25, 0.3) is 17.7 Å². The molecule has 3 aromatic carbocycles. The Bertz CT molecular complexity index is 1590. The van der Waals surface area contributed by atoms with Gasteiger partial charge in [-0.3, -0.25) is 14.4 Å². The van der Waals surface area contributed by atoms with Crippen molar-refractivity contribution in [2.24, 2.45) is 5.73 Å². The summed E-state index contributed by atoms with van der Waals surface area (Å²) in [7, 11) is 2.06. The van der Waals surface area contributed by atoms with Gasteiger partial charge >= 0.3 is 0 Å². The molecule has 0 aliphatic carbocycles. The summed E-state index contributed by atoms with van der Waals surface area (Å²) in [5.74, 6) is -0.577.